The molecule has 22 heavy (non-hydrogen) atoms. The highest BCUT2D eigenvalue weighted by Crippen LogP contribution is 2.25. The van der Waals surface area contributed by atoms with Gasteiger partial charge in [0.15, 0.2) is 0 Å². The highest BCUT2D eigenvalue weighted by molar-refractivity contribution is 7.89. The van der Waals surface area contributed by atoms with Gasteiger partial charge in [-0.25, -0.2) is 8.42 Å². The first-order valence-electron chi connectivity index (χ1n) is 7.12. The molecule has 0 aromatic heterocycles. The molecule has 2 aromatic carbocycles. The van der Waals surface area contributed by atoms with Crippen molar-refractivity contribution in [2.45, 2.75) is 30.9 Å². The Hall–Kier alpha value is -1.69. The van der Waals surface area contributed by atoms with Gasteiger partial charge in [0, 0.05) is 7.05 Å². The number of aryl methyl sites for hydroxylation is 1. The standard InChI is InChI=1S/C17H21NO3S/c1-13-9-11-16(12-10-13)22(20,21)18(3)14(2)17(19)15-7-5-4-6-8-15/h4-12,14,17,19H,1-3H3/t14-,17+/m1/s1. The fourth-order valence-corrected chi connectivity index (χ4v) is 3.59. The third-order valence-electron chi connectivity index (χ3n) is 3.87. The zero-order chi connectivity index (χ0) is 16.3. The van der Waals surface area contributed by atoms with Crippen molar-refractivity contribution in [2.75, 3.05) is 7.05 Å². The van der Waals surface area contributed by atoms with Crippen molar-refractivity contribution >= 4 is 10.0 Å². The molecule has 0 saturated heterocycles. The average molecular weight is 319 g/mol. The van der Waals surface area contributed by atoms with E-state index in [1.807, 2.05) is 25.1 Å². The summed E-state index contributed by atoms with van der Waals surface area (Å²) in [7, 11) is -2.14. The Bertz CT molecular complexity index is 711. The maximum Gasteiger partial charge on any atom is 0.243 e. The van der Waals surface area contributed by atoms with Crippen molar-refractivity contribution in [1.82, 2.24) is 4.31 Å². The Kier molecular flexibility index (Phi) is 5.01. The van der Waals surface area contributed by atoms with Gasteiger partial charge in [-0.15, -0.1) is 0 Å². The van der Waals surface area contributed by atoms with Gasteiger partial charge < -0.3 is 5.11 Å². The molecule has 0 bridgehead atoms. The average Bonchev–Trinajstić information content (AvgIpc) is 2.54. The smallest absolute Gasteiger partial charge is 0.243 e. The summed E-state index contributed by atoms with van der Waals surface area (Å²) < 4.78 is 26.5. The summed E-state index contributed by atoms with van der Waals surface area (Å²) in [6.45, 7) is 3.60. The van der Waals surface area contributed by atoms with E-state index < -0.39 is 22.2 Å². The normalized spacial score (nSPS) is 14.8. The fourth-order valence-electron chi connectivity index (χ4n) is 2.22. The third kappa shape index (κ3) is 3.38. The molecule has 0 radical (unpaired) electrons. The van der Waals surface area contributed by atoms with E-state index in [4.69, 9.17) is 0 Å². The number of nitrogens with zero attached hydrogens (tertiary/aromatic N) is 1. The lowest BCUT2D eigenvalue weighted by Crippen LogP contribution is -2.39. The van der Waals surface area contributed by atoms with Crippen LogP contribution in [0.25, 0.3) is 0 Å². The summed E-state index contributed by atoms with van der Waals surface area (Å²) >= 11 is 0. The SMILES string of the molecule is Cc1ccc(S(=O)(=O)N(C)[C@H](C)[C@H](O)c2ccccc2)cc1. The Morgan fingerprint density at radius 3 is 2.09 bits per heavy atom. The zero-order valence-electron chi connectivity index (χ0n) is 13.0. The lowest BCUT2D eigenvalue weighted by Gasteiger charge is -2.28. The van der Waals surface area contributed by atoms with E-state index in [2.05, 4.69) is 0 Å². The summed E-state index contributed by atoms with van der Waals surface area (Å²) in [5.41, 5.74) is 1.69. The van der Waals surface area contributed by atoms with Crippen molar-refractivity contribution in [1.29, 1.82) is 0 Å². The largest absolute Gasteiger partial charge is 0.387 e. The molecule has 0 fully saturated rings. The monoisotopic (exact) mass is 319 g/mol. The number of hydrogen-bond donors (Lipinski definition) is 1. The minimum atomic E-state index is -3.63. The summed E-state index contributed by atoms with van der Waals surface area (Å²) in [6.07, 6.45) is -0.883. The van der Waals surface area contributed by atoms with Gasteiger partial charge >= 0.3 is 0 Å². The van der Waals surface area contributed by atoms with Crippen LogP contribution < -0.4 is 0 Å². The van der Waals surface area contributed by atoms with Crippen LogP contribution in [0, 0.1) is 6.92 Å². The van der Waals surface area contributed by atoms with Gasteiger partial charge in [0.2, 0.25) is 10.0 Å². The first-order valence-corrected chi connectivity index (χ1v) is 8.56. The molecule has 0 aliphatic rings. The molecule has 0 aliphatic carbocycles. The number of benzene rings is 2. The van der Waals surface area contributed by atoms with Gasteiger partial charge in [0.1, 0.15) is 0 Å². The molecule has 1 N–H and O–H groups in total. The molecule has 0 spiro atoms. The fraction of sp³-hybridized carbons (Fsp3) is 0.294. The van der Waals surface area contributed by atoms with Gasteiger partial charge in [-0.3, -0.25) is 0 Å². The van der Waals surface area contributed by atoms with Crippen LogP contribution in [0.2, 0.25) is 0 Å². The number of rotatable bonds is 5. The topological polar surface area (TPSA) is 57.6 Å². The van der Waals surface area contributed by atoms with Crippen molar-refractivity contribution < 1.29 is 13.5 Å². The van der Waals surface area contributed by atoms with Crippen LogP contribution in [-0.2, 0) is 10.0 Å². The van der Waals surface area contributed by atoms with Crippen molar-refractivity contribution in [2.24, 2.45) is 0 Å². The van der Waals surface area contributed by atoms with Crippen LogP contribution in [0.4, 0.5) is 0 Å². The number of aliphatic hydroxyl groups excluding tert-OH is 1. The van der Waals surface area contributed by atoms with Crippen molar-refractivity contribution in [3.05, 3.63) is 65.7 Å². The highest BCUT2D eigenvalue weighted by atomic mass is 32.2. The Labute approximate surface area is 132 Å². The van der Waals surface area contributed by atoms with Gasteiger partial charge in [-0.05, 0) is 31.5 Å². The molecule has 118 valence electrons. The van der Waals surface area contributed by atoms with E-state index in [9.17, 15) is 13.5 Å². The molecule has 2 rings (SSSR count). The van der Waals surface area contributed by atoms with Crippen LogP contribution in [0.3, 0.4) is 0 Å². The van der Waals surface area contributed by atoms with E-state index in [1.165, 1.54) is 11.4 Å². The van der Waals surface area contributed by atoms with Crippen LogP contribution in [0.5, 0.6) is 0 Å². The predicted molar refractivity (Wildman–Crippen MR) is 87.0 cm³/mol. The number of likely N-dealkylation sites (N-methyl/N-ethyl adjacent to an activating group) is 1. The Morgan fingerprint density at radius 2 is 1.55 bits per heavy atom. The second-order valence-electron chi connectivity index (χ2n) is 5.43. The number of aliphatic hydroxyl groups is 1. The molecule has 0 aliphatic heterocycles. The molecule has 0 heterocycles. The molecule has 2 atom stereocenters. The predicted octanol–water partition coefficient (Wildman–Crippen LogP) is 2.74. The second kappa shape index (κ2) is 6.60. The zero-order valence-corrected chi connectivity index (χ0v) is 13.8. The molecular formula is C17H21NO3S. The van der Waals surface area contributed by atoms with E-state index in [-0.39, 0.29) is 4.90 Å². The number of hydrogen-bond acceptors (Lipinski definition) is 3. The minimum Gasteiger partial charge on any atom is -0.387 e. The first kappa shape index (κ1) is 16.7. The van der Waals surface area contributed by atoms with Crippen LogP contribution in [0.1, 0.15) is 24.2 Å². The highest BCUT2D eigenvalue weighted by Gasteiger charge is 2.30. The lowest BCUT2D eigenvalue weighted by atomic mass is 10.0. The second-order valence-corrected chi connectivity index (χ2v) is 7.43. The Balaban J connectivity index is 2.26. The molecular weight excluding hydrogens is 298 g/mol. The van der Waals surface area contributed by atoms with Gasteiger partial charge in [-0.2, -0.15) is 4.31 Å². The van der Waals surface area contributed by atoms with Crippen molar-refractivity contribution in [3.8, 4) is 0 Å². The first-order chi connectivity index (χ1) is 10.3. The lowest BCUT2D eigenvalue weighted by molar-refractivity contribution is 0.108. The van der Waals surface area contributed by atoms with E-state index in [0.29, 0.717) is 5.56 Å². The van der Waals surface area contributed by atoms with Crippen LogP contribution in [0.15, 0.2) is 59.5 Å². The maximum absolute atomic E-state index is 12.6. The summed E-state index contributed by atoms with van der Waals surface area (Å²) in [4.78, 5) is 0.229. The number of sulfonamides is 1. The molecule has 4 nitrogen and oxygen atoms in total. The quantitative estimate of drug-likeness (QED) is 0.922. The van der Waals surface area contributed by atoms with Crippen molar-refractivity contribution in [3.63, 3.8) is 0 Å². The maximum atomic E-state index is 12.6. The van der Waals surface area contributed by atoms with Crippen LogP contribution >= 0.6 is 0 Å². The molecule has 0 amide bonds. The van der Waals surface area contributed by atoms with Crippen LogP contribution in [-0.4, -0.2) is 30.9 Å². The Morgan fingerprint density at radius 1 is 1.00 bits per heavy atom. The molecule has 0 unspecified atom stereocenters. The van der Waals surface area contributed by atoms with Gasteiger partial charge in [-0.1, -0.05) is 48.0 Å². The van der Waals surface area contributed by atoms with E-state index >= 15 is 0 Å². The van der Waals surface area contributed by atoms with E-state index in [1.54, 1.807) is 43.3 Å². The molecule has 0 saturated carbocycles. The minimum absolute atomic E-state index is 0.229. The van der Waals surface area contributed by atoms with Gasteiger partial charge in [0.25, 0.3) is 0 Å². The summed E-state index contributed by atoms with van der Waals surface area (Å²) in [6, 6.07) is 15.2. The summed E-state index contributed by atoms with van der Waals surface area (Å²) in [5, 5.41) is 10.4. The summed E-state index contributed by atoms with van der Waals surface area (Å²) in [5.74, 6) is 0. The molecule has 5 heteroatoms. The third-order valence-corrected chi connectivity index (χ3v) is 5.83. The van der Waals surface area contributed by atoms with Gasteiger partial charge in [0.05, 0.1) is 17.0 Å². The molecule has 2 aromatic rings. The van der Waals surface area contributed by atoms with E-state index in [0.717, 1.165) is 5.56 Å².